The van der Waals surface area contributed by atoms with Gasteiger partial charge in [0.1, 0.15) is 11.6 Å². The molecule has 76 valence electrons. The van der Waals surface area contributed by atoms with Gasteiger partial charge in [0.2, 0.25) is 0 Å². The average Bonchev–Trinajstić information content (AvgIpc) is 2.17. The van der Waals surface area contributed by atoms with Crippen molar-refractivity contribution >= 4 is 11.6 Å². The third kappa shape index (κ3) is 1.97. The monoisotopic (exact) mass is 225 g/mol. The predicted octanol–water partition coefficient (Wildman–Crippen LogP) is 3.68. The van der Waals surface area contributed by atoms with Crippen LogP contribution in [0.5, 0.6) is 0 Å². The topological polar surface area (TPSA) is 12.9 Å². The quantitative estimate of drug-likeness (QED) is 0.722. The molecule has 0 amide bonds. The van der Waals surface area contributed by atoms with E-state index in [1.165, 1.54) is 24.4 Å². The molecule has 0 fully saturated rings. The van der Waals surface area contributed by atoms with Crippen LogP contribution in [-0.4, -0.2) is 4.98 Å². The molecule has 0 spiro atoms. The van der Waals surface area contributed by atoms with Crippen LogP contribution < -0.4 is 0 Å². The van der Waals surface area contributed by atoms with Crippen molar-refractivity contribution in [2.75, 3.05) is 0 Å². The molecule has 0 unspecified atom stereocenters. The molecule has 0 N–H and O–H groups in total. The molecule has 0 saturated carbocycles. The molecular formula is C11H6ClF2N. The van der Waals surface area contributed by atoms with Gasteiger partial charge < -0.3 is 0 Å². The maximum absolute atomic E-state index is 13.4. The highest BCUT2D eigenvalue weighted by Crippen LogP contribution is 2.29. The number of hydrogen-bond acceptors (Lipinski definition) is 1. The summed E-state index contributed by atoms with van der Waals surface area (Å²) in [6.07, 6.45) is 2.42. The van der Waals surface area contributed by atoms with E-state index in [1.54, 1.807) is 6.07 Å². The number of pyridine rings is 1. The summed E-state index contributed by atoms with van der Waals surface area (Å²) in [4.78, 5) is 3.64. The average molecular weight is 226 g/mol. The first-order valence-electron chi connectivity index (χ1n) is 4.23. The van der Waals surface area contributed by atoms with E-state index < -0.39 is 11.6 Å². The smallest absolute Gasteiger partial charge is 0.142 e. The molecule has 0 aliphatic heterocycles. The Hall–Kier alpha value is -1.48. The van der Waals surface area contributed by atoms with Crippen LogP contribution in [0, 0.1) is 11.6 Å². The summed E-state index contributed by atoms with van der Waals surface area (Å²) in [6.45, 7) is 0. The van der Waals surface area contributed by atoms with Crippen LogP contribution in [-0.2, 0) is 0 Å². The fourth-order valence-electron chi connectivity index (χ4n) is 1.32. The maximum Gasteiger partial charge on any atom is 0.142 e. The van der Waals surface area contributed by atoms with Gasteiger partial charge in [0.25, 0.3) is 0 Å². The summed E-state index contributed by atoms with van der Waals surface area (Å²) in [7, 11) is 0. The highest BCUT2D eigenvalue weighted by atomic mass is 35.5. The summed E-state index contributed by atoms with van der Waals surface area (Å²) >= 11 is 5.83. The number of benzene rings is 1. The van der Waals surface area contributed by atoms with Crippen molar-refractivity contribution in [1.29, 1.82) is 0 Å². The van der Waals surface area contributed by atoms with E-state index in [-0.39, 0.29) is 10.6 Å². The SMILES string of the molecule is Fc1cncc(-c2c(F)cccc2Cl)c1. The highest BCUT2D eigenvalue weighted by Gasteiger charge is 2.10. The first-order valence-corrected chi connectivity index (χ1v) is 4.61. The van der Waals surface area contributed by atoms with E-state index >= 15 is 0 Å². The molecular weight excluding hydrogens is 220 g/mol. The van der Waals surface area contributed by atoms with Crippen LogP contribution in [0.15, 0.2) is 36.7 Å². The van der Waals surface area contributed by atoms with Gasteiger partial charge in [0.05, 0.1) is 11.2 Å². The van der Waals surface area contributed by atoms with Gasteiger partial charge in [-0.25, -0.2) is 8.78 Å². The lowest BCUT2D eigenvalue weighted by atomic mass is 10.1. The molecule has 1 aromatic carbocycles. The Bertz CT molecular complexity index is 479. The van der Waals surface area contributed by atoms with Gasteiger partial charge in [0, 0.05) is 17.3 Å². The van der Waals surface area contributed by atoms with Crippen LogP contribution in [0.4, 0.5) is 8.78 Å². The summed E-state index contributed by atoms with van der Waals surface area (Å²) < 4.78 is 26.3. The molecule has 2 aromatic rings. The lowest BCUT2D eigenvalue weighted by Gasteiger charge is -2.04. The Morgan fingerprint density at radius 3 is 2.60 bits per heavy atom. The van der Waals surface area contributed by atoms with E-state index in [1.807, 2.05) is 0 Å². The minimum Gasteiger partial charge on any atom is -0.261 e. The lowest BCUT2D eigenvalue weighted by molar-refractivity contribution is 0.619. The van der Waals surface area contributed by atoms with Crippen molar-refractivity contribution in [2.45, 2.75) is 0 Å². The number of halogens is 3. The van der Waals surface area contributed by atoms with Crippen molar-refractivity contribution in [3.05, 3.63) is 53.3 Å². The Morgan fingerprint density at radius 2 is 1.93 bits per heavy atom. The first-order chi connectivity index (χ1) is 7.18. The fourth-order valence-corrected chi connectivity index (χ4v) is 1.59. The van der Waals surface area contributed by atoms with Crippen LogP contribution in [0.1, 0.15) is 0 Å². The van der Waals surface area contributed by atoms with Crippen LogP contribution in [0.25, 0.3) is 11.1 Å². The van der Waals surface area contributed by atoms with Crippen LogP contribution >= 0.6 is 11.6 Å². The Labute approximate surface area is 90.3 Å². The van der Waals surface area contributed by atoms with E-state index in [0.717, 1.165) is 6.20 Å². The zero-order chi connectivity index (χ0) is 10.8. The molecule has 0 atom stereocenters. The second-order valence-corrected chi connectivity index (χ2v) is 3.40. The zero-order valence-electron chi connectivity index (χ0n) is 7.55. The van der Waals surface area contributed by atoms with Gasteiger partial charge in [-0.2, -0.15) is 0 Å². The standard InChI is InChI=1S/C11H6ClF2N/c12-9-2-1-3-10(14)11(9)7-4-8(13)6-15-5-7/h1-6H. The fraction of sp³-hybridized carbons (Fsp3) is 0. The second-order valence-electron chi connectivity index (χ2n) is 2.99. The Morgan fingerprint density at radius 1 is 1.13 bits per heavy atom. The molecule has 0 aliphatic carbocycles. The minimum atomic E-state index is -0.521. The van der Waals surface area contributed by atoms with Gasteiger partial charge in [-0.1, -0.05) is 17.7 Å². The maximum atomic E-state index is 13.4. The van der Waals surface area contributed by atoms with E-state index in [4.69, 9.17) is 11.6 Å². The van der Waals surface area contributed by atoms with Gasteiger partial charge >= 0.3 is 0 Å². The molecule has 0 saturated heterocycles. The highest BCUT2D eigenvalue weighted by molar-refractivity contribution is 6.33. The van der Waals surface area contributed by atoms with Crippen molar-refractivity contribution in [1.82, 2.24) is 4.98 Å². The molecule has 1 heterocycles. The van der Waals surface area contributed by atoms with Crippen LogP contribution in [0.3, 0.4) is 0 Å². The summed E-state index contributed by atoms with van der Waals surface area (Å²) in [5.41, 5.74) is 0.504. The minimum absolute atomic E-state index is 0.172. The van der Waals surface area contributed by atoms with E-state index in [2.05, 4.69) is 4.98 Å². The largest absolute Gasteiger partial charge is 0.261 e. The second kappa shape index (κ2) is 3.95. The molecule has 0 bridgehead atoms. The van der Waals surface area contributed by atoms with Crippen molar-refractivity contribution < 1.29 is 8.78 Å². The number of aromatic nitrogens is 1. The third-order valence-corrected chi connectivity index (χ3v) is 2.27. The normalized spacial score (nSPS) is 10.3. The van der Waals surface area contributed by atoms with Gasteiger partial charge in [0.15, 0.2) is 0 Å². The van der Waals surface area contributed by atoms with Gasteiger partial charge in [-0.05, 0) is 18.2 Å². The van der Waals surface area contributed by atoms with E-state index in [0.29, 0.717) is 5.56 Å². The molecule has 0 aliphatic rings. The molecule has 1 nitrogen and oxygen atoms in total. The summed E-state index contributed by atoms with van der Waals surface area (Å²) in [5.74, 6) is -1.01. The molecule has 15 heavy (non-hydrogen) atoms. The van der Waals surface area contributed by atoms with Crippen molar-refractivity contribution in [3.63, 3.8) is 0 Å². The third-order valence-electron chi connectivity index (χ3n) is 1.96. The summed E-state index contributed by atoms with van der Waals surface area (Å²) in [5, 5.41) is 0.238. The van der Waals surface area contributed by atoms with E-state index in [9.17, 15) is 8.78 Å². The van der Waals surface area contributed by atoms with Crippen LogP contribution in [0.2, 0.25) is 5.02 Å². The van der Waals surface area contributed by atoms with Crippen molar-refractivity contribution in [3.8, 4) is 11.1 Å². The Balaban J connectivity index is 2.63. The Kier molecular flexibility index (Phi) is 2.64. The molecule has 4 heteroatoms. The van der Waals surface area contributed by atoms with Crippen molar-refractivity contribution in [2.24, 2.45) is 0 Å². The number of nitrogens with zero attached hydrogens (tertiary/aromatic N) is 1. The lowest BCUT2D eigenvalue weighted by Crippen LogP contribution is -1.88. The first kappa shape index (κ1) is 10.1. The number of hydrogen-bond donors (Lipinski definition) is 0. The molecule has 2 rings (SSSR count). The molecule has 1 aromatic heterocycles. The zero-order valence-corrected chi connectivity index (χ0v) is 8.30. The van der Waals surface area contributed by atoms with Gasteiger partial charge in [-0.3, -0.25) is 4.98 Å². The van der Waals surface area contributed by atoms with Gasteiger partial charge in [-0.15, -0.1) is 0 Å². The number of rotatable bonds is 1. The molecule has 0 radical (unpaired) electrons. The summed E-state index contributed by atoms with van der Waals surface area (Å²) in [6, 6.07) is 5.50. The predicted molar refractivity (Wildman–Crippen MR) is 54.6 cm³/mol.